The van der Waals surface area contributed by atoms with E-state index in [1.165, 1.54) is 19.2 Å². The molecule has 0 spiro atoms. The van der Waals surface area contributed by atoms with Crippen LogP contribution < -0.4 is 10.1 Å². The number of ether oxygens (including phenoxy) is 1. The number of aliphatic hydroxyl groups is 1. The van der Waals surface area contributed by atoms with Gasteiger partial charge in [0.2, 0.25) is 0 Å². The number of nitro groups is 1. The van der Waals surface area contributed by atoms with Crippen molar-refractivity contribution in [3.63, 3.8) is 0 Å². The molecule has 0 saturated carbocycles. The first-order chi connectivity index (χ1) is 12.3. The van der Waals surface area contributed by atoms with Crippen LogP contribution in [0.2, 0.25) is 0 Å². The Labute approximate surface area is 156 Å². The standard InChI is InChI=1S/C17H13BrN2O6/c1-26-15-5-2-9(6-13(15)20(24)25)14(21)8-17(23)11-7-10(18)3-4-12(11)19-16(17)22/h2-7,23H,8H2,1H3,(H,19,22). The molecule has 2 aromatic carbocycles. The number of carbonyl (C=O) groups is 2. The molecule has 8 nitrogen and oxygen atoms in total. The van der Waals surface area contributed by atoms with Crippen molar-refractivity contribution in [2.45, 2.75) is 12.0 Å². The van der Waals surface area contributed by atoms with Crippen LogP contribution in [0.1, 0.15) is 22.3 Å². The van der Waals surface area contributed by atoms with Crippen molar-refractivity contribution < 1.29 is 24.4 Å². The number of Topliss-reactive ketones (excluding diaryl/α,β-unsaturated/α-hetero) is 1. The molecule has 1 unspecified atom stereocenters. The van der Waals surface area contributed by atoms with Crippen LogP contribution in [-0.2, 0) is 10.4 Å². The van der Waals surface area contributed by atoms with Crippen LogP contribution in [0.4, 0.5) is 11.4 Å². The van der Waals surface area contributed by atoms with Gasteiger partial charge in [0.25, 0.3) is 5.91 Å². The van der Waals surface area contributed by atoms with Crippen LogP contribution in [0.25, 0.3) is 0 Å². The Kier molecular flexibility index (Phi) is 4.51. The minimum absolute atomic E-state index is 0.00201. The molecule has 0 fully saturated rings. The molecule has 0 aromatic heterocycles. The van der Waals surface area contributed by atoms with Gasteiger partial charge in [-0.2, -0.15) is 0 Å². The molecule has 1 aliphatic rings. The summed E-state index contributed by atoms with van der Waals surface area (Å²) in [7, 11) is 1.28. The number of carbonyl (C=O) groups excluding carboxylic acids is 2. The van der Waals surface area contributed by atoms with Gasteiger partial charge in [0.1, 0.15) is 0 Å². The largest absolute Gasteiger partial charge is 0.490 e. The SMILES string of the molecule is COc1ccc(C(=O)CC2(O)C(=O)Nc3ccc(Br)cc32)cc1[N+](=O)[O-]. The van der Waals surface area contributed by atoms with E-state index in [1.807, 2.05) is 0 Å². The van der Waals surface area contributed by atoms with Crippen LogP contribution in [0, 0.1) is 10.1 Å². The van der Waals surface area contributed by atoms with Gasteiger partial charge in [-0.15, -0.1) is 0 Å². The summed E-state index contributed by atoms with van der Waals surface area (Å²) in [6, 6.07) is 8.58. The first kappa shape index (κ1) is 18.0. The highest BCUT2D eigenvalue weighted by Gasteiger charge is 2.47. The van der Waals surface area contributed by atoms with E-state index in [2.05, 4.69) is 21.2 Å². The fourth-order valence-corrected chi connectivity index (χ4v) is 3.19. The number of hydrogen-bond acceptors (Lipinski definition) is 6. The molecule has 3 rings (SSSR count). The molecule has 0 aliphatic carbocycles. The number of nitrogens with one attached hydrogen (secondary N) is 1. The number of nitrogens with zero attached hydrogens (tertiary/aromatic N) is 1. The van der Waals surface area contributed by atoms with Crippen molar-refractivity contribution in [3.05, 3.63) is 62.1 Å². The van der Waals surface area contributed by atoms with Crippen LogP contribution in [0.5, 0.6) is 5.75 Å². The average Bonchev–Trinajstić information content (AvgIpc) is 2.85. The molecule has 134 valence electrons. The van der Waals surface area contributed by atoms with E-state index in [1.54, 1.807) is 18.2 Å². The number of rotatable bonds is 5. The van der Waals surface area contributed by atoms with E-state index in [-0.39, 0.29) is 22.6 Å². The summed E-state index contributed by atoms with van der Waals surface area (Å²) < 4.78 is 5.54. The maximum atomic E-state index is 12.6. The summed E-state index contributed by atoms with van der Waals surface area (Å²) in [5, 5.41) is 24.5. The molecule has 9 heteroatoms. The minimum Gasteiger partial charge on any atom is -0.490 e. The molecule has 0 bridgehead atoms. The highest BCUT2D eigenvalue weighted by Crippen LogP contribution is 2.40. The molecule has 1 amide bonds. The second-order valence-electron chi connectivity index (χ2n) is 5.75. The molecule has 1 heterocycles. The summed E-state index contributed by atoms with van der Waals surface area (Å²) in [5.74, 6) is -1.32. The van der Waals surface area contributed by atoms with Crippen molar-refractivity contribution in [3.8, 4) is 5.75 Å². The Morgan fingerprint density at radius 3 is 2.73 bits per heavy atom. The first-order valence-electron chi connectivity index (χ1n) is 7.46. The highest BCUT2D eigenvalue weighted by molar-refractivity contribution is 9.10. The van der Waals surface area contributed by atoms with Gasteiger partial charge in [-0.1, -0.05) is 15.9 Å². The topological polar surface area (TPSA) is 119 Å². The second-order valence-corrected chi connectivity index (χ2v) is 6.66. The Hall–Kier alpha value is -2.78. The fraction of sp³-hybridized carbons (Fsp3) is 0.176. The zero-order chi connectivity index (χ0) is 19.1. The van der Waals surface area contributed by atoms with Gasteiger partial charge < -0.3 is 15.2 Å². The fourth-order valence-electron chi connectivity index (χ4n) is 2.83. The quantitative estimate of drug-likeness (QED) is 0.436. The molecule has 2 aromatic rings. The van der Waals surface area contributed by atoms with E-state index >= 15 is 0 Å². The van der Waals surface area contributed by atoms with Gasteiger partial charge in [-0.3, -0.25) is 19.7 Å². The Morgan fingerprint density at radius 1 is 1.35 bits per heavy atom. The normalized spacial score (nSPS) is 18.2. The summed E-state index contributed by atoms with van der Waals surface area (Å²) in [6.07, 6.45) is -0.550. The van der Waals surface area contributed by atoms with Crippen LogP contribution in [0.15, 0.2) is 40.9 Å². The lowest BCUT2D eigenvalue weighted by Gasteiger charge is -2.20. The van der Waals surface area contributed by atoms with Crippen LogP contribution in [-0.4, -0.2) is 28.8 Å². The number of benzene rings is 2. The maximum Gasteiger partial charge on any atom is 0.311 e. The third-order valence-corrected chi connectivity index (χ3v) is 4.66. The summed E-state index contributed by atoms with van der Waals surface area (Å²) in [6.45, 7) is 0. The number of ketones is 1. The lowest BCUT2D eigenvalue weighted by molar-refractivity contribution is -0.385. The molecule has 0 radical (unpaired) electrons. The second kappa shape index (κ2) is 6.50. The van der Waals surface area contributed by atoms with Gasteiger partial charge in [0.05, 0.1) is 18.5 Å². The molecular weight excluding hydrogens is 408 g/mol. The monoisotopic (exact) mass is 420 g/mol. The first-order valence-corrected chi connectivity index (χ1v) is 8.25. The molecule has 1 aliphatic heterocycles. The minimum atomic E-state index is -2.05. The summed E-state index contributed by atoms with van der Waals surface area (Å²) in [4.78, 5) is 35.3. The predicted molar refractivity (Wildman–Crippen MR) is 95.3 cm³/mol. The average molecular weight is 421 g/mol. The van der Waals surface area contributed by atoms with E-state index in [0.717, 1.165) is 6.07 Å². The van der Waals surface area contributed by atoms with Crippen molar-refractivity contribution in [2.75, 3.05) is 12.4 Å². The third-order valence-electron chi connectivity index (χ3n) is 4.16. The van der Waals surface area contributed by atoms with Gasteiger partial charge in [0, 0.05) is 27.4 Å². The number of halogens is 1. The van der Waals surface area contributed by atoms with Gasteiger partial charge >= 0.3 is 5.69 Å². The van der Waals surface area contributed by atoms with Crippen LogP contribution >= 0.6 is 15.9 Å². The summed E-state index contributed by atoms with van der Waals surface area (Å²) in [5.41, 5.74) is -1.74. The van der Waals surface area contributed by atoms with Crippen molar-refractivity contribution in [1.29, 1.82) is 0 Å². The van der Waals surface area contributed by atoms with E-state index in [9.17, 15) is 24.8 Å². The lowest BCUT2D eigenvalue weighted by atomic mass is 9.88. The van der Waals surface area contributed by atoms with E-state index in [0.29, 0.717) is 10.2 Å². The maximum absolute atomic E-state index is 12.6. The van der Waals surface area contributed by atoms with Gasteiger partial charge in [-0.25, -0.2) is 0 Å². The third kappa shape index (κ3) is 2.95. The predicted octanol–water partition coefficient (Wildman–Crippen LogP) is 2.78. The molecule has 0 saturated heterocycles. The summed E-state index contributed by atoms with van der Waals surface area (Å²) >= 11 is 3.26. The van der Waals surface area contributed by atoms with E-state index < -0.39 is 28.6 Å². The molecule has 1 atom stereocenters. The highest BCUT2D eigenvalue weighted by atomic mass is 79.9. The Bertz CT molecular complexity index is 945. The zero-order valence-electron chi connectivity index (χ0n) is 13.5. The Balaban J connectivity index is 1.96. The number of amides is 1. The van der Waals surface area contributed by atoms with Crippen molar-refractivity contribution >= 4 is 39.0 Å². The van der Waals surface area contributed by atoms with Gasteiger partial charge in [-0.05, 0) is 30.3 Å². The van der Waals surface area contributed by atoms with Crippen molar-refractivity contribution in [1.82, 2.24) is 0 Å². The van der Waals surface area contributed by atoms with Crippen molar-refractivity contribution in [2.24, 2.45) is 0 Å². The smallest absolute Gasteiger partial charge is 0.311 e. The number of anilines is 1. The number of fused-ring (bicyclic) bond motifs is 1. The molecule has 2 N–H and O–H groups in total. The Morgan fingerprint density at radius 2 is 2.08 bits per heavy atom. The lowest BCUT2D eigenvalue weighted by Crippen LogP contribution is -2.36. The number of hydrogen-bond donors (Lipinski definition) is 2. The molecule has 26 heavy (non-hydrogen) atoms. The van der Waals surface area contributed by atoms with Crippen LogP contribution in [0.3, 0.4) is 0 Å². The van der Waals surface area contributed by atoms with E-state index in [4.69, 9.17) is 4.74 Å². The van der Waals surface area contributed by atoms with Gasteiger partial charge in [0.15, 0.2) is 17.1 Å². The number of nitro benzene ring substituents is 1. The number of methoxy groups -OCH3 is 1. The zero-order valence-corrected chi connectivity index (χ0v) is 15.1. The molecular formula is C17H13BrN2O6.